The van der Waals surface area contributed by atoms with E-state index >= 15 is 0 Å². The van der Waals surface area contributed by atoms with E-state index in [4.69, 9.17) is 28.8 Å². The first-order chi connectivity index (χ1) is 10.0. The highest BCUT2D eigenvalue weighted by Crippen LogP contribution is 2.24. The van der Waals surface area contributed by atoms with Gasteiger partial charge in [0.1, 0.15) is 0 Å². The molecular formula is C13H26O7Si. The molecule has 0 bridgehead atoms. The van der Waals surface area contributed by atoms with Crippen LogP contribution in [0.15, 0.2) is 12.2 Å². The first-order valence-corrected chi connectivity index (χ1v) is 7.69. The molecule has 0 saturated heterocycles. The minimum Gasteiger partial charge on any atom is -0.462 e. The van der Waals surface area contributed by atoms with Crippen LogP contribution in [-0.2, 0) is 23.4 Å². The summed E-state index contributed by atoms with van der Waals surface area (Å²) in [7, 11) is 0.355. The van der Waals surface area contributed by atoms with Crippen molar-refractivity contribution in [2.24, 2.45) is 5.92 Å². The second-order valence-electron chi connectivity index (χ2n) is 4.47. The molecule has 0 heterocycles. The summed E-state index contributed by atoms with van der Waals surface area (Å²) < 4.78 is 21.3. The largest absolute Gasteiger partial charge is 0.462 e. The molecule has 0 spiro atoms. The van der Waals surface area contributed by atoms with Crippen LogP contribution in [0.1, 0.15) is 20.3 Å². The molecule has 0 aromatic heterocycles. The molecule has 7 nitrogen and oxygen atoms in total. The van der Waals surface area contributed by atoms with Gasteiger partial charge in [-0.25, -0.2) is 4.79 Å². The molecule has 0 rings (SSSR count). The van der Waals surface area contributed by atoms with Crippen LogP contribution < -0.4 is 0 Å². The zero-order valence-corrected chi connectivity index (χ0v) is 14.9. The Labute approximate surface area is 128 Å². The average molecular weight is 322 g/mol. The smallest absolute Gasteiger partial charge is 0.330 e. The van der Waals surface area contributed by atoms with Crippen molar-refractivity contribution in [3.05, 3.63) is 12.2 Å². The fraction of sp³-hybridized carbons (Fsp3) is 0.769. The van der Waals surface area contributed by atoms with Gasteiger partial charge < -0.3 is 28.8 Å². The molecule has 0 aliphatic heterocycles. The van der Waals surface area contributed by atoms with Gasteiger partial charge in [0.2, 0.25) is 0 Å². The molecule has 21 heavy (non-hydrogen) atoms. The van der Waals surface area contributed by atoms with Gasteiger partial charge in [-0.1, -0.05) is 13.0 Å². The van der Waals surface area contributed by atoms with Crippen LogP contribution in [0.25, 0.3) is 0 Å². The minimum absolute atomic E-state index is 0.0543. The second-order valence-corrected chi connectivity index (χ2v) is 4.88. The summed E-state index contributed by atoms with van der Waals surface area (Å²) in [5, 5.41) is 17.7. The van der Waals surface area contributed by atoms with E-state index in [1.165, 1.54) is 6.08 Å². The van der Waals surface area contributed by atoms with Gasteiger partial charge in [-0.15, -0.1) is 0 Å². The molecule has 8 heteroatoms. The van der Waals surface area contributed by atoms with Crippen molar-refractivity contribution >= 4 is 16.5 Å². The van der Waals surface area contributed by atoms with Gasteiger partial charge in [-0.2, -0.15) is 0 Å². The summed E-state index contributed by atoms with van der Waals surface area (Å²) >= 11 is 0. The number of esters is 1. The topological polar surface area (TPSA) is 94.5 Å². The highest BCUT2D eigenvalue weighted by molar-refractivity contribution is 5.98. The van der Waals surface area contributed by atoms with Crippen LogP contribution in [-0.4, -0.2) is 65.7 Å². The van der Waals surface area contributed by atoms with E-state index in [9.17, 15) is 4.79 Å². The van der Waals surface area contributed by atoms with Crippen LogP contribution in [0.5, 0.6) is 0 Å². The normalized spacial score (nSPS) is 13.7. The molecule has 0 amide bonds. The SMILES string of the molecule is CC=CC(=O)OCC(C)CC(O[SiH3])(OCCO)OCCO. The fourth-order valence-electron chi connectivity index (χ4n) is 1.66. The lowest BCUT2D eigenvalue weighted by Gasteiger charge is -2.34. The van der Waals surface area contributed by atoms with E-state index < -0.39 is 11.9 Å². The summed E-state index contributed by atoms with van der Waals surface area (Å²) in [6.07, 6.45) is 3.26. The van der Waals surface area contributed by atoms with Crippen molar-refractivity contribution in [2.75, 3.05) is 33.0 Å². The van der Waals surface area contributed by atoms with Gasteiger partial charge in [0, 0.05) is 12.5 Å². The van der Waals surface area contributed by atoms with E-state index in [0.717, 1.165) is 0 Å². The first-order valence-electron chi connectivity index (χ1n) is 6.87. The van der Waals surface area contributed by atoms with Crippen LogP contribution in [0.3, 0.4) is 0 Å². The lowest BCUT2D eigenvalue weighted by Crippen LogP contribution is -2.42. The zero-order valence-electron chi connectivity index (χ0n) is 12.9. The predicted molar refractivity (Wildman–Crippen MR) is 79.4 cm³/mol. The number of hydrogen-bond donors (Lipinski definition) is 2. The maximum Gasteiger partial charge on any atom is 0.330 e. The molecular weight excluding hydrogens is 296 g/mol. The molecule has 1 unspecified atom stereocenters. The van der Waals surface area contributed by atoms with Crippen molar-refractivity contribution in [1.82, 2.24) is 0 Å². The summed E-state index contributed by atoms with van der Waals surface area (Å²) in [6, 6.07) is 0. The maximum atomic E-state index is 11.3. The van der Waals surface area contributed by atoms with Crippen molar-refractivity contribution < 1.29 is 33.6 Å². The van der Waals surface area contributed by atoms with Gasteiger partial charge in [-0.3, -0.25) is 0 Å². The third-order valence-corrected chi connectivity index (χ3v) is 3.17. The minimum atomic E-state index is -1.32. The predicted octanol–water partition coefficient (Wildman–Crippen LogP) is -0.900. The Hall–Kier alpha value is -0.773. The molecule has 0 aliphatic carbocycles. The summed E-state index contributed by atoms with van der Waals surface area (Å²) in [5.41, 5.74) is 0. The fourth-order valence-corrected chi connectivity index (χ4v) is 2.06. The van der Waals surface area contributed by atoms with Gasteiger partial charge >= 0.3 is 5.97 Å². The Morgan fingerprint density at radius 1 is 1.29 bits per heavy atom. The number of carbonyl (C=O) groups excluding carboxylic acids is 1. The average Bonchev–Trinajstić information content (AvgIpc) is 2.48. The van der Waals surface area contributed by atoms with Crippen LogP contribution >= 0.6 is 0 Å². The molecule has 0 aromatic rings. The Kier molecular flexibility index (Phi) is 11.4. The van der Waals surface area contributed by atoms with Crippen molar-refractivity contribution in [2.45, 2.75) is 26.2 Å². The molecule has 2 N–H and O–H groups in total. The molecule has 124 valence electrons. The Morgan fingerprint density at radius 2 is 1.86 bits per heavy atom. The van der Waals surface area contributed by atoms with Gasteiger partial charge in [-0.05, 0) is 12.8 Å². The van der Waals surface area contributed by atoms with Crippen LogP contribution in [0.2, 0.25) is 0 Å². The molecule has 0 aliphatic rings. The van der Waals surface area contributed by atoms with E-state index in [1.54, 1.807) is 13.0 Å². The maximum absolute atomic E-state index is 11.3. The number of hydrogen-bond acceptors (Lipinski definition) is 7. The van der Waals surface area contributed by atoms with Crippen LogP contribution in [0, 0.1) is 5.92 Å². The van der Waals surface area contributed by atoms with E-state index in [0.29, 0.717) is 16.9 Å². The number of carbonyl (C=O) groups is 1. The third kappa shape index (κ3) is 8.97. The first kappa shape index (κ1) is 20.2. The van der Waals surface area contributed by atoms with Crippen LogP contribution in [0.4, 0.5) is 0 Å². The number of rotatable bonds is 12. The van der Waals surface area contributed by atoms with E-state index in [2.05, 4.69) is 0 Å². The lowest BCUT2D eigenvalue weighted by atomic mass is 10.1. The second kappa shape index (κ2) is 11.8. The van der Waals surface area contributed by atoms with Crippen molar-refractivity contribution in [3.63, 3.8) is 0 Å². The number of ether oxygens (including phenoxy) is 3. The van der Waals surface area contributed by atoms with E-state index in [1.807, 2.05) is 6.92 Å². The van der Waals surface area contributed by atoms with Gasteiger partial charge in [0.15, 0.2) is 10.5 Å². The zero-order chi connectivity index (χ0) is 16.1. The molecule has 0 aromatic carbocycles. The van der Waals surface area contributed by atoms with Gasteiger partial charge in [0.05, 0.1) is 33.0 Å². The van der Waals surface area contributed by atoms with Crippen molar-refractivity contribution in [3.8, 4) is 0 Å². The Balaban J connectivity index is 4.50. The van der Waals surface area contributed by atoms with E-state index in [-0.39, 0.29) is 39.0 Å². The molecule has 0 radical (unpaired) electrons. The van der Waals surface area contributed by atoms with Gasteiger partial charge in [0.25, 0.3) is 5.97 Å². The summed E-state index contributed by atoms with van der Waals surface area (Å²) in [5.74, 6) is -1.80. The molecule has 0 saturated carbocycles. The standard InChI is InChI=1S/C13H26O7Si/c1-3-4-12(16)17-10-11(2)9-13(20-21,18-7-5-14)19-8-6-15/h3-4,11,14-15H,5-10H2,1-2,21H3. The summed E-state index contributed by atoms with van der Waals surface area (Å²) in [4.78, 5) is 11.3. The Bertz CT molecular complexity index is 301. The quantitative estimate of drug-likeness (QED) is 0.208. The highest BCUT2D eigenvalue weighted by atomic mass is 28.2. The lowest BCUT2D eigenvalue weighted by molar-refractivity contribution is -0.354. The highest BCUT2D eigenvalue weighted by Gasteiger charge is 2.34. The monoisotopic (exact) mass is 322 g/mol. The number of aliphatic hydroxyl groups excluding tert-OH is 2. The molecule has 1 atom stereocenters. The number of allylic oxidation sites excluding steroid dienone is 1. The summed E-state index contributed by atoms with van der Waals surface area (Å²) in [6.45, 7) is 3.57. The molecule has 0 fully saturated rings. The van der Waals surface area contributed by atoms with Crippen molar-refractivity contribution in [1.29, 1.82) is 0 Å². The third-order valence-electron chi connectivity index (χ3n) is 2.55. The number of aliphatic hydroxyl groups is 2. The Morgan fingerprint density at radius 3 is 2.29 bits per heavy atom.